The zero-order valence-electron chi connectivity index (χ0n) is 16.3. The normalized spacial score (nSPS) is 19.6. The van der Waals surface area contributed by atoms with Crippen molar-refractivity contribution >= 4 is 11.8 Å². The molecule has 1 aliphatic heterocycles. The van der Waals surface area contributed by atoms with E-state index in [1.807, 2.05) is 6.07 Å². The maximum atomic E-state index is 14.4. The molecule has 0 bridgehead atoms. The summed E-state index contributed by atoms with van der Waals surface area (Å²) in [6.45, 7) is 1.93. The van der Waals surface area contributed by atoms with E-state index in [1.165, 1.54) is 7.11 Å². The number of nitrogens with two attached hydrogens (primary N) is 1. The molecule has 6 nitrogen and oxygen atoms in total. The zero-order valence-corrected chi connectivity index (χ0v) is 16.3. The second-order valence-electron chi connectivity index (χ2n) is 6.70. The first-order valence-electron chi connectivity index (χ1n) is 9.28. The molecule has 3 rings (SSSR count). The Morgan fingerprint density at radius 2 is 2.00 bits per heavy atom. The van der Waals surface area contributed by atoms with Crippen molar-refractivity contribution in [1.82, 2.24) is 5.01 Å². The van der Waals surface area contributed by atoms with Crippen LogP contribution in [0.3, 0.4) is 0 Å². The maximum Gasteiger partial charge on any atom is 0.275 e. The first kappa shape index (κ1) is 20.9. The van der Waals surface area contributed by atoms with E-state index in [0.717, 1.165) is 23.2 Å². The minimum absolute atomic E-state index is 0.168. The van der Waals surface area contributed by atoms with Gasteiger partial charge < -0.3 is 15.2 Å². The van der Waals surface area contributed by atoms with E-state index in [-0.39, 0.29) is 11.5 Å². The van der Waals surface area contributed by atoms with Crippen LogP contribution in [0.5, 0.6) is 0 Å². The molecule has 2 N–H and O–H groups in total. The van der Waals surface area contributed by atoms with Crippen molar-refractivity contribution < 1.29 is 23.0 Å². The lowest BCUT2D eigenvalue weighted by atomic mass is 9.96. The van der Waals surface area contributed by atoms with E-state index in [9.17, 15) is 13.6 Å². The number of methoxy groups -OCH3 is 1. The molecule has 0 spiro atoms. The quantitative estimate of drug-likeness (QED) is 0.771. The molecular formula is C21H23F2N3O3. The molecule has 8 heteroatoms. The Morgan fingerprint density at radius 3 is 2.66 bits per heavy atom. The number of hydrogen-bond acceptors (Lipinski definition) is 5. The molecule has 0 aliphatic carbocycles. The Hall–Kier alpha value is -2.84. The highest BCUT2D eigenvalue weighted by Crippen LogP contribution is 2.41. The summed E-state index contributed by atoms with van der Waals surface area (Å²) in [7, 11) is 1.40. The van der Waals surface area contributed by atoms with Crippen LogP contribution in [0, 0.1) is 11.6 Å². The number of rotatable bonds is 7. The Balaban J connectivity index is 2.15. The molecule has 1 unspecified atom stereocenters. The molecule has 154 valence electrons. The topological polar surface area (TPSA) is 77.1 Å². The largest absolute Gasteiger partial charge is 0.443 e. The van der Waals surface area contributed by atoms with E-state index in [1.54, 1.807) is 31.2 Å². The van der Waals surface area contributed by atoms with Crippen LogP contribution in [0.1, 0.15) is 30.9 Å². The third-order valence-electron chi connectivity index (χ3n) is 4.81. The van der Waals surface area contributed by atoms with E-state index in [2.05, 4.69) is 5.10 Å². The summed E-state index contributed by atoms with van der Waals surface area (Å²) in [4.78, 5) is 13.1. The summed E-state index contributed by atoms with van der Waals surface area (Å²) in [6.07, 6.45) is -0.00584. The summed E-state index contributed by atoms with van der Waals surface area (Å²) in [5, 5.41) is 5.42. The van der Waals surface area contributed by atoms with Gasteiger partial charge in [-0.1, -0.05) is 30.3 Å². The standard InChI is InChI=1S/C21H23F2N3O3/c1-14(28-2)20(27)26-21(11-6-12-24,15-7-4-3-5-8-15)29-19(25-26)17-13-16(22)9-10-18(17)23/h3-5,7-10,13-14H,6,11-12,24H2,1-2H3/t14-,21?/m0/s1. The van der Waals surface area contributed by atoms with E-state index < -0.39 is 29.4 Å². The lowest BCUT2D eigenvalue weighted by Gasteiger charge is -2.36. The van der Waals surface area contributed by atoms with E-state index >= 15 is 0 Å². The minimum Gasteiger partial charge on any atom is -0.443 e. The fraction of sp³-hybridized carbons (Fsp3) is 0.333. The van der Waals surface area contributed by atoms with Crippen LogP contribution >= 0.6 is 0 Å². The second kappa shape index (κ2) is 8.67. The van der Waals surface area contributed by atoms with Crippen LogP contribution in [0.4, 0.5) is 8.78 Å². The SMILES string of the molecule is CO[C@@H](C)C(=O)N1N=C(c2cc(F)ccc2F)OC1(CCCN)c1ccccc1. The highest BCUT2D eigenvalue weighted by Gasteiger charge is 2.50. The second-order valence-corrected chi connectivity index (χ2v) is 6.70. The average Bonchev–Trinajstić information content (AvgIpc) is 3.14. The third kappa shape index (κ3) is 3.99. The molecule has 2 aromatic rings. The van der Waals surface area contributed by atoms with Crippen LogP contribution in [-0.4, -0.2) is 36.6 Å². The molecule has 29 heavy (non-hydrogen) atoms. The van der Waals surface area contributed by atoms with Gasteiger partial charge in [0.15, 0.2) is 0 Å². The molecule has 1 amide bonds. The van der Waals surface area contributed by atoms with Gasteiger partial charge in [0.05, 0.1) is 5.56 Å². The van der Waals surface area contributed by atoms with Crippen LogP contribution in [-0.2, 0) is 20.0 Å². The number of nitrogens with zero attached hydrogens (tertiary/aromatic N) is 2. The highest BCUT2D eigenvalue weighted by atomic mass is 19.1. The molecule has 0 aromatic heterocycles. The smallest absolute Gasteiger partial charge is 0.275 e. The molecule has 0 saturated heterocycles. The molecule has 0 fully saturated rings. The van der Waals surface area contributed by atoms with Crippen molar-refractivity contribution in [2.24, 2.45) is 10.8 Å². The lowest BCUT2D eigenvalue weighted by molar-refractivity contribution is -0.162. The molecule has 2 atom stereocenters. The fourth-order valence-electron chi connectivity index (χ4n) is 3.19. The summed E-state index contributed by atoms with van der Waals surface area (Å²) in [6, 6.07) is 12.0. The van der Waals surface area contributed by atoms with Gasteiger partial charge in [0.1, 0.15) is 17.7 Å². The Labute approximate surface area is 167 Å². The predicted octanol–water partition coefficient (Wildman–Crippen LogP) is 3.11. The van der Waals surface area contributed by atoms with Gasteiger partial charge in [0.2, 0.25) is 11.6 Å². The molecule has 0 saturated carbocycles. The van der Waals surface area contributed by atoms with Gasteiger partial charge in [-0.05, 0) is 38.1 Å². The lowest BCUT2D eigenvalue weighted by Crippen LogP contribution is -2.48. The van der Waals surface area contributed by atoms with Gasteiger partial charge in [0.25, 0.3) is 5.91 Å². The van der Waals surface area contributed by atoms with Crippen molar-refractivity contribution in [2.45, 2.75) is 31.6 Å². The first-order chi connectivity index (χ1) is 13.9. The number of benzene rings is 2. The molecule has 2 aromatic carbocycles. The Bertz CT molecular complexity index is 907. The Kier molecular flexibility index (Phi) is 6.24. The number of halogens is 2. The van der Waals surface area contributed by atoms with Crippen molar-refractivity contribution in [3.05, 3.63) is 71.3 Å². The minimum atomic E-state index is -1.35. The summed E-state index contributed by atoms with van der Waals surface area (Å²) < 4.78 is 39.5. The van der Waals surface area contributed by atoms with E-state index in [4.69, 9.17) is 15.2 Å². The van der Waals surface area contributed by atoms with Gasteiger partial charge in [-0.15, -0.1) is 5.10 Å². The maximum absolute atomic E-state index is 14.4. The van der Waals surface area contributed by atoms with Crippen LogP contribution < -0.4 is 5.73 Å². The first-order valence-corrected chi connectivity index (χ1v) is 9.28. The Morgan fingerprint density at radius 1 is 1.28 bits per heavy atom. The molecule has 0 radical (unpaired) electrons. The van der Waals surface area contributed by atoms with Crippen molar-refractivity contribution in [3.8, 4) is 0 Å². The van der Waals surface area contributed by atoms with Crippen molar-refractivity contribution in [3.63, 3.8) is 0 Å². The van der Waals surface area contributed by atoms with Crippen molar-refractivity contribution in [1.29, 1.82) is 0 Å². The van der Waals surface area contributed by atoms with Crippen LogP contribution in [0.15, 0.2) is 53.6 Å². The van der Waals surface area contributed by atoms with Gasteiger partial charge in [-0.25, -0.2) is 8.78 Å². The zero-order chi connectivity index (χ0) is 21.0. The third-order valence-corrected chi connectivity index (χ3v) is 4.81. The van der Waals surface area contributed by atoms with E-state index in [0.29, 0.717) is 24.9 Å². The summed E-state index contributed by atoms with van der Waals surface area (Å²) in [5.41, 5.74) is 4.83. The number of hydrogen-bond donors (Lipinski definition) is 1. The number of carbonyl (C=O) groups excluding carboxylic acids is 1. The van der Waals surface area contributed by atoms with Gasteiger partial charge in [-0.3, -0.25) is 4.79 Å². The highest BCUT2D eigenvalue weighted by molar-refractivity contribution is 5.97. The number of carbonyl (C=O) groups is 1. The molecule has 1 aliphatic rings. The van der Waals surface area contributed by atoms with Gasteiger partial charge in [-0.2, -0.15) is 5.01 Å². The summed E-state index contributed by atoms with van der Waals surface area (Å²) in [5.74, 6) is -2.00. The average molecular weight is 403 g/mol. The number of amides is 1. The van der Waals surface area contributed by atoms with Crippen LogP contribution in [0.25, 0.3) is 0 Å². The van der Waals surface area contributed by atoms with Gasteiger partial charge >= 0.3 is 0 Å². The van der Waals surface area contributed by atoms with Crippen molar-refractivity contribution in [2.75, 3.05) is 13.7 Å². The van der Waals surface area contributed by atoms with Gasteiger partial charge in [0, 0.05) is 19.1 Å². The molecular weight excluding hydrogens is 380 g/mol. The summed E-state index contributed by atoms with van der Waals surface area (Å²) >= 11 is 0. The number of hydrazone groups is 1. The monoisotopic (exact) mass is 403 g/mol. The number of ether oxygens (including phenoxy) is 2. The molecule has 1 heterocycles. The van der Waals surface area contributed by atoms with Crippen LogP contribution in [0.2, 0.25) is 0 Å². The fourth-order valence-corrected chi connectivity index (χ4v) is 3.19. The predicted molar refractivity (Wildman–Crippen MR) is 104 cm³/mol.